The topological polar surface area (TPSA) is 63.1 Å². The third-order valence-corrected chi connectivity index (χ3v) is 5.06. The van der Waals surface area contributed by atoms with Gasteiger partial charge in [-0.15, -0.1) is 0 Å². The van der Waals surface area contributed by atoms with Crippen molar-refractivity contribution in [1.82, 2.24) is 19.9 Å². The second-order valence-electron chi connectivity index (χ2n) is 7.24. The smallest absolute Gasteiger partial charge is 0.354 e. The summed E-state index contributed by atoms with van der Waals surface area (Å²) in [5, 5.41) is 2.99. The molecule has 4 rings (SSSR count). The minimum atomic E-state index is -4.40. The van der Waals surface area contributed by atoms with Crippen molar-refractivity contribution in [2.45, 2.75) is 25.2 Å². The number of amides is 1. The molecule has 1 saturated heterocycles. The number of hydrogen-bond donors (Lipinski definition) is 1. The van der Waals surface area contributed by atoms with Gasteiger partial charge in [0.25, 0.3) is 5.91 Å². The Labute approximate surface area is 171 Å². The van der Waals surface area contributed by atoms with Crippen LogP contribution in [0.2, 0.25) is 0 Å². The summed E-state index contributed by atoms with van der Waals surface area (Å²) in [5.74, 6) is 0.306. The Morgan fingerprint density at radius 3 is 2.60 bits per heavy atom. The van der Waals surface area contributed by atoms with Crippen LogP contribution in [0.5, 0.6) is 0 Å². The van der Waals surface area contributed by atoms with Gasteiger partial charge in [-0.3, -0.25) is 4.79 Å². The molecule has 3 aromatic rings. The average molecular weight is 415 g/mol. The maximum atomic E-state index is 12.7. The van der Waals surface area contributed by atoms with Gasteiger partial charge < -0.3 is 14.8 Å². The molecule has 30 heavy (non-hydrogen) atoms. The van der Waals surface area contributed by atoms with Gasteiger partial charge >= 0.3 is 6.18 Å². The lowest BCUT2D eigenvalue weighted by atomic mass is 10.1. The monoisotopic (exact) mass is 415 g/mol. The lowest BCUT2D eigenvalue weighted by molar-refractivity contribution is -0.137. The minimum Gasteiger partial charge on any atom is -0.354 e. The molecule has 1 aromatic carbocycles. The molecule has 0 aliphatic carbocycles. The maximum Gasteiger partial charge on any atom is 0.417 e. The van der Waals surface area contributed by atoms with Crippen LogP contribution in [0.1, 0.15) is 27.9 Å². The van der Waals surface area contributed by atoms with E-state index < -0.39 is 11.7 Å². The van der Waals surface area contributed by atoms with E-state index in [4.69, 9.17) is 0 Å². The first-order valence-electron chi connectivity index (χ1n) is 9.52. The number of carbonyl (C=O) groups is 1. The number of imidazole rings is 1. The lowest BCUT2D eigenvalue weighted by Crippen LogP contribution is -2.37. The van der Waals surface area contributed by atoms with Crippen LogP contribution in [0, 0.1) is 0 Å². The molecule has 9 heteroatoms. The first kappa shape index (κ1) is 19.9. The second-order valence-corrected chi connectivity index (χ2v) is 7.24. The SMILES string of the molecule is O=C(NC1CCN(c2ccc(C(F)(F)F)cn2)C1)c1ccc(Cn2ccnc2)cc1. The molecule has 1 aliphatic heterocycles. The quantitative estimate of drug-likeness (QED) is 0.694. The number of aromatic nitrogens is 3. The van der Waals surface area contributed by atoms with Gasteiger partial charge in [-0.25, -0.2) is 9.97 Å². The molecule has 0 saturated carbocycles. The maximum absolute atomic E-state index is 12.7. The molecule has 1 unspecified atom stereocenters. The van der Waals surface area contributed by atoms with Crippen LogP contribution in [0.25, 0.3) is 0 Å². The Hall–Kier alpha value is -3.36. The molecule has 1 atom stereocenters. The zero-order valence-electron chi connectivity index (χ0n) is 16.0. The highest BCUT2D eigenvalue weighted by Gasteiger charge is 2.31. The zero-order valence-corrected chi connectivity index (χ0v) is 16.0. The van der Waals surface area contributed by atoms with Crippen LogP contribution in [0.15, 0.2) is 61.3 Å². The molecule has 2 aromatic heterocycles. The van der Waals surface area contributed by atoms with Gasteiger partial charge in [-0.2, -0.15) is 13.2 Å². The van der Waals surface area contributed by atoms with Gasteiger partial charge in [0.15, 0.2) is 0 Å². The highest BCUT2D eigenvalue weighted by atomic mass is 19.4. The first-order chi connectivity index (χ1) is 14.4. The number of rotatable bonds is 5. The van der Waals surface area contributed by atoms with Gasteiger partial charge in [0.05, 0.1) is 11.9 Å². The molecule has 1 amide bonds. The molecule has 0 spiro atoms. The highest BCUT2D eigenvalue weighted by Crippen LogP contribution is 2.29. The van der Waals surface area contributed by atoms with Crippen molar-refractivity contribution in [2.24, 2.45) is 0 Å². The standard InChI is InChI=1S/C21H20F3N5O/c22-21(23,24)17-5-6-19(26-11-17)29-9-7-18(13-29)27-20(30)16-3-1-15(2-4-16)12-28-10-8-25-14-28/h1-6,8,10-11,14,18H,7,9,12-13H2,(H,27,30). The fourth-order valence-corrected chi connectivity index (χ4v) is 3.45. The highest BCUT2D eigenvalue weighted by molar-refractivity contribution is 5.94. The molecular weight excluding hydrogens is 395 g/mol. The van der Waals surface area contributed by atoms with Gasteiger partial charge in [-0.1, -0.05) is 12.1 Å². The van der Waals surface area contributed by atoms with Gasteiger partial charge in [0.2, 0.25) is 0 Å². The van der Waals surface area contributed by atoms with E-state index in [1.165, 1.54) is 6.07 Å². The summed E-state index contributed by atoms with van der Waals surface area (Å²) >= 11 is 0. The number of halogens is 3. The number of anilines is 1. The fraction of sp³-hybridized carbons (Fsp3) is 0.286. The third kappa shape index (κ3) is 4.61. The molecule has 156 valence electrons. The van der Waals surface area contributed by atoms with Crippen LogP contribution in [0.4, 0.5) is 19.0 Å². The number of pyridine rings is 1. The van der Waals surface area contributed by atoms with Crippen molar-refractivity contribution >= 4 is 11.7 Å². The van der Waals surface area contributed by atoms with Crippen LogP contribution in [-0.4, -0.2) is 39.6 Å². The number of nitrogens with one attached hydrogen (secondary N) is 1. The Balaban J connectivity index is 1.32. The van der Waals surface area contributed by atoms with E-state index in [-0.39, 0.29) is 11.9 Å². The van der Waals surface area contributed by atoms with Crippen LogP contribution >= 0.6 is 0 Å². The molecule has 1 N–H and O–H groups in total. The Kier molecular flexibility index (Phi) is 5.43. The number of nitrogens with zero attached hydrogens (tertiary/aromatic N) is 4. The molecule has 6 nitrogen and oxygen atoms in total. The Morgan fingerprint density at radius 2 is 1.97 bits per heavy atom. The summed E-state index contributed by atoms with van der Waals surface area (Å²) in [6.07, 6.45) is 2.46. The number of hydrogen-bond acceptors (Lipinski definition) is 4. The van der Waals surface area contributed by atoms with E-state index in [1.807, 2.05) is 27.8 Å². The summed E-state index contributed by atoms with van der Waals surface area (Å²) in [5.41, 5.74) is 0.854. The third-order valence-electron chi connectivity index (χ3n) is 5.06. The molecular formula is C21H20F3N5O. The normalized spacial score (nSPS) is 16.6. The van der Waals surface area contributed by atoms with Crippen molar-refractivity contribution < 1.29 is 18.0 Å². The van der Waals surface area contributed by atoms with E-state index in [1.54, 1.807) is 24.7 Å². The number of alkyl halides is 3. The molecule has 0 bridgehead atoms. The average Bonchev–Trinajstić information content (AvgIpc) is 3.40. The summed E-state index contributed by atoms with van der Waals surface area (Å²) in [6, 6.07) is 9.68. The minimum absolute atomic E-state index is 0.0905. The van der Waals surface area contributed by atoms with E-state index in [2.05, 4.69) is 15.3 Å². The Morgan fingerprint density at radius 1 is 1.17 bits per heavy atom. The molecule has 0 radical (unpaired) electrons. The summed E-state index contributed by atoms with van der Waals surface area (Å²) in [4.78, 5) is 22.3. The van der Waals surface area contributed by atoms with Gasteiger partial charge in [0.1, 0.15) is 5.82 Å². The van der Waals surface area contributed by atoms with Crippen LogP contribution in [-0.2, 0) is 12.7 Å². The van der Waals surface area contributed by atoms with Gasteiger partial charge in [-0.05, 0) is 36.2 Å². The lowest BCUT2D eigenvalue weighted by Gasteiger charge is -2.18. The summed E-state index contributed by atoms with van der Waals surface area (Å²) in [7, 11) is 0. The number of carbonyl (C=O) groups excluding carboxylic acids is 1. The van der Waals surface area contributed by atoms with Crippen LogP contribution in [0.3, 0.4) is 0 Å². The van der Waals surface area contributed by atoms with E-state index in [0.29, 0.717) is 37.4 Å². The second kappa shape index (κ2) is 8.17. The first-order valence-corrected chi connectivity index (χ1v) is 9.52. The number of benzene rings is 1. The summed E-state index contributed by atoms with van der Waals surface area (Å²) < 4.78 is 40.0. The molecule has 1 fully saturated rings. The van der Waals surface area contributed by atoms with Crippen molar-refractivity contribution in [3.05, 3.63) is 78.0 Å². The summed E-state index contributed by atoms with van der Waals surface area (Å²) in [6.45, 7) is 1.80. The largest absolute Gasteiger partial charge is 0.417 e. The van der Waals surface area contributed by atoms with Gasteiger partial charge in [0, 0.05) is 49.8 Å². The zero-order chi connectivity index (χ0) is 21.1. The van der Waals surface area contributed by atoms with Crippen molar-refractivity contribution in [3.8, 4) is 0 Å². The fourth-order valence-electron chi connectivity index (χ4n) is 3.45. The Bertz CT molecular complexity index is 985. The predicted molar refractivity (Wildman–Crippen MR) is 105 cm³/mol. The van der Waals surface area contributed by atoms with E-state index >= 15 is 0 Å². The molecule has 3 heterocycles. The van der Waals surface area contributed by atoms with Crippen molar-refractivity contribution in [2.75, 3.05) is 18.0 Å². The van der Waals surface area contributed by atoms with Crippen molar-refractivity contribution in [1.29, 1.82) is 0 Å². The van der Waals surface area contributed by atoms with E-state index in [9.17, 15) is 18.0 Å². The molecule has 1 aliphatic rings. The van der Waals surface area contributed by atoms with Crippen LogP contribution < -0.4 is 10.2 Å². The predicted octanol–water partition coefficient (Wildman–Crippen LogP) is 3.35. The van der Waals surface area contributed by atoms with Crippen molar-refractivity contribution in [3.63, 3.8) is 0 Å². The van der Waals surface area contributed by atoms with E-state index in [0.717, 1.165) is 17.8 Å².